The maximum atomic E-state index is 12.6. The molecule has 142 valence electrons. The smallest absolute Gasteiger partial charge is 0.317 e. The molecule has 1 atom stereocenters. The highest BCUT2D eigenvalue weighted by atomic mass is 16.2. The molecule has 0 saturated carbocycles. The Balaban J connectivity index is 1.36. The monoisotopic (exact) mass is 369 g/mol. The van der Waals surface area contributed by atoms with E-state index in [0.717, 1.165) is 11.0 Å². The van der Waals surface area contributed by atoms with E-state index in [0.29, 0.717) is 44.6 Å². The lowest BCUT2D eigenvalue weighted by Gasteiger charge is -2.43. The fourth-order valence-electron chi connectivity index (χ4n) is 4.05. The van der Waals surface area contributed by atoms with Gasteiger partial charge in [0.25, 0.3) is 0 Å². The number of nitrogens with zero attached hydrogens (tertiary/aromatic N) is 2. The molecule has 2 saturated heterocycles. The van der Waals surface area contributed by atoms with Crippen molar-refractivity contribution in [2.24, 2.45) is 5.41 Å². The number of hydrogen-bond donors (Lipinski definition) is 3. The molecule has 0 radical (unpaired) electrons. The number of amides is 4. The van der Waals surface area contributed by atoms with Crippen molar-refractivity contribution in [3.8, 4) is 0 Å². The van der Waals surface area contributed by atoms with Gasteiger partial charge >= 0.3 is 6.03 Å². The Bertz CT molecular complexity index is 847. The predicted molar refractivity (Wildman–Crippen MR) is 98.7 cm³/mol. The van der Waals surface area contributed by atoms with Crippen LogP contribution < -0.4 is 10.6 Å². The third-order valence-electron chi connectivity index (χ3n) is 5.62. The van der Waals surface area contributed by atoms with E-state index < -0.39 is 0 Å². The normalized spacial score (nSPS) is 20.6. The zero-order valence-corrected chi connectivity index (χ0v) is 15.2. The second kappa shape index (κ2) is 6.68. The molecule has 1 unspecified atom stereocenters. The lowest BCUT2D eigenvalue weighted by Crippen LogP contribution is -2.52. The third kappa shape index (κ3) is 3.51. The van der Waals surface area contributed by atoms with E-state index in [9.17, 15) is 14.4 Å². The summed E-state index contributed by atoms with van der Waals surface area (Å²) in [6.07, 6.45) is 2.06. The van der Waals surface area contributed by atoms with E-state index >= 15 is 0 Å². The number of fused-ring (bicyclic) bond motifs is 1. The number of carbonyl (C=O) groups excluding carboxylic acids is 3. The molecule has 3 heterocycles. The van der Waals surface area contributed by atoms with Crippen LogP contribution in [0.1, 0.15) is 44.5 Å². The molecule has 27 heavy (non-hydrogen) atoms. The molecule has 2 aromatic rings. The molecule has 8 heteroatoms. The maximum Gasteiger partial charge on any atom is 0.317 e. The summed E-state index contributed by atoms with van der Waals surface area (Å²) in [4.78, 5) is 45.5. The van der Waals surface area contributed by atoms with Crippen LogP contribution >= 0.6 is 0 Å². The van der Waals surface area contributed by atoms with Crippen LogP contribution in [0.15, 0.2) is 24.3 Å². The van der Waals surface area contributed by atoms with Crippen molar-refractivity contribution in [2.45, 2.75) is 38.6 Å². The lowest BCUT2D eigenvalue weighted by molar-refractivity contribution is -0.139. The van der Waals surface area contributed by atoms with Gasteiger partial charge in [0.05, 0.1) is 17.1 Å². The van der Waals surface area contributed by atoms with Crippen molar-refractivity contribution in [2.75, 3.05) is 13.1 Å². The zero-order chi connectivity index (χ0) is 19.0. The van der Waals surface area contributed by atoms with Crippen LogP contribution in [0.3, 0.4) is 0 Å². The van der Waals surface area contributed by atoms with E-state index in [2.05, 4.69) is 20.6 Å². The van der Waals surface area contributed by atoms with Gasteiger partial charge in [0.2, 0.25) is 11.8 Å². The highest BCUT2D eigenvalue weighted by Crippen LogP contribution is 2.40. The zero-order valence-electron chi connectivity index (χ0n) is 15.2. The SMILES string of the molecule is CC(NC(=O)N1CCC2(CC1)CC(=O)NC(=O)C2)c1nc2ccccc2[nH]1. The lowest BCUT2D eigenvalue weighted by atomic mass is 9.71. The number of aromatic nitrogens is 2. The van der Waals surface area contributed by atoms with Crippen LogP contribution in [0.25, 0.3) is 11.0 Å². The quantitative estimate of drug-likeness (QED) is 0.702. The van der Waals surface area contributed by atoms with Crippen molar-refractivity contribution < 1.29 is 14.4 Å². The van der Waals surface area contributed by atoms with E-state index in [1.54, 1.807) is 4.90 Å². The van der Waals surface area contributed by atoms with Gasteiger partial charge in [-0.1, -0.05) is 12.1 Å². The van der Waals surface area contributed by atoms with Gasteiger partial charge in [-0.3, -0.25) is 14.9 Å². The standard InChI is InChI=1S/C19H23N5O3/c1-12(17-21-13-4-2-3-5-14(13)22-17)20-18(27)24-8-6-19(7-9-24)10-15(25)23-16(26)11-19/h2-5,12H,6-11H2,1H3,(H,20,27)(H,21,22)(H,23,25,26). The number of rotatable bonds is 2. The van der Waals surface area contributed by atoms with Crippen molar-refractivity contribution >= 4 is 28.9 Å². The first kappa shape index (κ1) is 17.5. The van der Waals surface area contributed by atoms with Crippen molar-refractivity contribution in [1.29, 1.82) is 0 Å². The number of urea groups is 1. The minimum atomic E-state index is -0.291. The number of nitrogens with one attached hydrogen (secondary N) is 3. The number of H-pyrrole nitrogens is 1. The number of aromatic amines is 1. The average Bonchev–Trinajstić information content (AvgIpc) is 3.05. The molecule has 4 amide bonds. The van der Waals surface area contributed by atoms with E-state index in [4.69, 9.17) is 0 Å². The molecule has 0 aliphatic carbocycles. The number of imide groups is 1. The van der Waals surface area contributed by atoms with Crippen LogP contribution in [-0.4, -0.2) is 45.8 Å². The molecular formula is C19H23N5O3. The van der Waals surface area contributed by atoms with Crippen molar-refractivity contribution in [3.05, 3.63) is 30.1 Å². The molecule has 2 aliphatic heterocycles. The van der Waals surface area contributed by atoms with E-state index in [-0.39, 0.29) is 29.3 Å². The van der Waals surface area contributed by atoms with E-state index in [1.165, 1.54) is 0 Å². The summed E-state index contributed by atoms with van der Waals surface area (Å²) >= 11 is 0. The van der Waals surface area contributed by atoms with Gasteiger partial charge in [0.1, 0.15) is 5.82 Å². The number of likely N-dealkylation sites (tertiary alicyclic amines) is 1. The number of piperidine rings is 2. The van der Waals surface area contributed by atoms with Gasteiger partial charge in [-0.25, -0.2) is 9.78 Å². The molecule has 2 aliphatic rings. The predicted octanol–water partition coefficient (Wildman–Crippen LogP) is 1.85. The first-order valence-corrected chi connectivity index (χ1v) is 9.27. The Morgan fingerprint density at radius 3 is 2.52 bits per heavy atom. The number of benzene rings is 1. The van der Waals surface area contributed by atoms with Crippen LogP contribution in [-0.2, 0) is 9.59 Å². The Morgan fingerprint density at radius 2 is 1.85 bits per heavy atom. The number of para-hydroxylation sites is 2. The summed E-state index contributed by atoms with van der Waals surface area (Å²) in [6.45, 7) is 2.98. The average molecular weight is 369 g/mol. The van der Waals surface area contributed by atoms with Gasteiger partial charge < -0.3 is 15.2 Å². The van der Waals surface area contributed by atoms with Crippen LogP contribution in [0.2, 0.25) is 0 Å². The fraction of sp³-hybridized carbons (Fsp3) is 0.474. The second-order valence-electron chi connectivity index (χ2n) is 7.62. The van der Waals surface area contributed by atoms with Crippen LogP contribution in [0.5, 0.6) is 0 Å². The number of hydrogen-bond acceptors (Lipinski definition) is 4. The van der Waals surface area contributed by atoms with E-state index in [1.807, 2.05) is 31.2 Å². The van der Waals surface area contributed by atoms with Gasteiger partial charge in [-0.15, -0.1) is 0 Å². The van der Waals surface area contributed by atoms with Gasteiger partial charge in [-0.05, 0) is 37.3 Å². The summed E-state index contributed by atoms with van der Waals surface area (Å²) < 4.78 is 0. The van der Waals surface area contributed by atoms with Crippen LogP contribution in [0.4, 0.5) is 4.79 Å². The molecule has 8 nitrogen and oxygen atoms in total. The minimum Gasteiger partial charge on any atom is -0.340 e. The summed E-state index contributed by atoms with van der Waals surface area (Å²) in [6, 6.07) is 7.35. The Kier molecular flexibility index (Phi) is 4.33. The van der Waals surface area contributed by atoms with Gasteiger partial charge in [0.15, 0.2) is 0 Å². The van der Waals surface area contributed by atoms with Crippen LogP contribution in [0, 0.1) is 5.41 Å². The first-order chi connectivity index (χ1) is 12.9. The molecule has 1 aromatic carbocycles. The maximum absolute atomic E-state index is 12.6. The molecular weight excluding hydrogens is 346 g/mol. The first-order valence-electron chi connectivity index (χ1n) is 9.27. The molecule has 2 fully saturated rings. The summed E-state index contributed by atoms with van der Waals surface area (Å²) in [5, 5.41) is 5.34. The van der Waals surface area contributed by atoms with Crippen molar-refractivity contribution in [3.63, 3.8) is 0 Å². The van der Waals surface area contributed by atoms with Crippen molar-refractivity contribution in [1.82, 2.24) is 25.5 Å². The Morgan fingerprint density at radius 1 is 1.19 bits per heavy atom. The Labute approximate surface area is 156 Å². The Hall–Kier alpha value is -2.90. The summed E-state index contributed by atoms with van der Waals surface area (Å²) in [5.41, 5.74) is 1.52. The molecule has 4 rings (SSSR count). The second-order valence-corrected chi connectivity index (χ2v) is 7.62. The molecule has 0 bridgehead atoms. The van der Waals surface area contributed by atoms with Gasteiger partial charge in [0, 0.05) is 25.9 Å². The molecule has 1 spiro atoms. The van der Waals surface area contributed by atoms with Gasteiger partial charge in [-0.2, -0.15) is 0 Å². The summed E-state index contributed by atoms with van der Waals surface area (Å²) in [5.74, 6) is 0.304. The summed E-state index contributed by atoms with van der Waals surface area (Å²) in [7, 11) is 0. The third-order valence-corrected chi connectivity index (χ3v) is 5.62. The number of imidazole rings is 1. The minimum absolute atomic E-state index is 0.149. The largest absolute Gasteiger partial charge is 0.340 e. The highest BCUT2D eigenvalue weighted by Gasteiger charge is 2.42. The fourth-order valence-corrected chi connectivity index (χ4v) is 4.05. The highest BCUT2D eigenvalue weighted by molar-refractivity contribution is 5.98. The molecule has 1 aromatic heterocycles. The number of carbonyl (C=O) groups is 3. The topological polar surface area (TPSA) is 107 Å². The molecule has 3 N–H and O–H groups in total.